The van der Waals surface area contributed by atoms with Crippen LogP contribution in [0.25, 0.3) is 33.0 Å². The molecular weight excluding hydrogens is 383 g/mol. The number of hydrogen-bond acceptors (Lipinski definition) is 2. The second-order valence-corrected chi connectivity index (χ2v) is 9.74. The molecule has 2 aliphatic rings. The molecule has 140 valence electrons. The summed E-state index contributed by atoms with van der Waals surface area (Å²) in [6, 6.07) is 35.3. The molecule has 0 saturated carbocycles. The lowest BCUT2D eigenvalue weighted by molar-refractivity contribution is 1.24. The topological polar surface area (TPSA) is 16.1 Å². The zero-order valence-corrected chi connectivity index (χ0v) is 17.1. The molecule has 7 rings (SSSR count). The summed E-state index contributed by atoms with van der Waals surface area (Å²) < 4.78 is 2.51. The van der Waals surface area contributed by atoms with Crippen molar-refractivity contribution in [2.24, 2.45) is 0 Å². The Bertz CT molecular complexity index is 1470. The van der Waals surface area contributed by atoms with Crippen LogP contribution in [0.4, 0.5) is 11.5 Å². The summed E-state index contributed by atoms with van der Waals surface area (Å²) in [5, 5.41) is 5.34. The lowest BCUT2D eigenvalue weighted by Crippen LogP contribution is -2.34. The molecule has 0 N–H and O–H groups in total. The summed E-state index contributed by atoms with van der Waals surface area (Å²) in [6.07, 6.45) is 1.92. The monoisotopic (exact) mass is 400 g/mol. The minimum atomic E-state index is -0.736. The van der Waals surface area contributed by atoms with Gasteiger partial charge in [-0.15, -0.1) is 0 Å². The fourth-order valence-electron chi connectivity index (χ4n) is 4.83. The molecule has 0 spiro atoms. The zero-order valence-electron chi connectivity index (χ0n) is 16.2. The molecule has 1 atom stereocenters. The smallest absolute Gasteiger partial charge is 0.144 e. The maximum absolute atomic E-state index is 4.90. The van der Waals surface area contributed by atoms with Gasteiger partial charge in [0.05, 0.1) is 13.8 Å². The molecule has 4 aromatic carbocycles. The molecule has 0 amide bonds. The van der Waals surface area contributed by atoms with Gasteiger partial charge in [0.1, 0.15) is 5.82 Å². The van der Waals surface area contributed by atoms with E-state index in [1.54, 1.807) is 0 Å². The number of fused-ring (bicyclic) bond motifs is 12. The van der Waals surface area contributed by atoms with Crippen molar-refractivity contribution >= 4 is 41.0 Å². The van der Waals surface area contributed by atoms with Gasteiger partial charge in [0.15, 0.2) is 0 Å². The Morgan fingerprint density at radius 2 is 1.17 bits per heavy atom. The summed E-state index contributed by atoms with van der Waals surface area (Å²) in [7, 11) is -0.736. The van der Waals surface area contributed by atoms with E-state index >= 15 is 0 Å². The van der Waals surface area contributed by atoms with Gasteiger partial charge in [0, 0.05) is 27.9 Å². The highest BCUT2D eigenvalue weighted by Gasteiger charge is 2.39. The Balaban J connectivity index is 1.65. The Morgan fingerprint density at radius 3 is 1.93 bits per heavy atom. The van der Waals surface area contributed by atoms with E-state index in [1.165, 1.54) is 49.3 Å². The number of rotatable bonds is 0. The third-order valence-electron chi connectivity index (χ3n) is 6.12. The van der Waals surface area contributed by atoms with Gasteiger partial charge in [0.2, 0.25) is 0 Å². The van der Waals surface area contributed by atoms with Crippen LogP contribution in [-0.2, 0) is 0 Å². The molecule has 30 heavy (non-hydrogen) atoms. The number of benzene rings is 4. The summed E-state index contributed by atoms with van der Waals surface area (Å²) in [5.41, 5.74) is 6.41. The maximum atomic E-state index is 4.90. The van der Waals surface area contributed by atoms with Crippen LogP contribution in [0.2, 0.25) is 0 Å². The second kappa shape index (κ2) is 6.01. The first-order chi connectivity index (χ1) is 14.9. The third kappa shape index (κ3) is 2.09. The summed E-state index contributed by atoms with van der Waals surface area (Å²) in [6.45, 7) is 0. The molecule has 2 aliphatic heterocycles. The average Bonchev–Trinajstić information content (AvgIpc) is 2.82. The maximum Gasteiger partial charge on any atom is 0.144 e. The largest absolute Gasteiger partial charge is 0.295 e. The molecule has 0 fully saturated rings. The van der Waals surface area contributed by atoms with Crippen molar-refractivity contribution < 1.29 is 0 Å². The first-order valence-electron chi connectivity index (χ1n) is 10.2. The van der Waals surface area contributed by atoms with E-state index in [0.717, 1.165) is 5.82 Å². The highest BCUT2D eigenvalue weighted by molar-refractivity contribution is 7.75. The Morgan fingerprint density at radius 1 is 0.567 bits per heavy atom. The summed E-state index contributed by atoms with van der Waals surface area (Å²) in [5.74, 6) is 1.06. The molecule has 3 heteroatoms. The number of nitrogens with zero attached hydrogens (tertiary/aromatic N) is 2. The van der Waals surface area contributed by atoms with Gasteiger partial charge in [-0.05, 0) is 46.2 Å². The molecular formula is C27H17N2P. The van der Waals surface area contributed by atoms with E-state index in [-0.39, 0.29) is 0 Å². The minimum absolute atomic E-state index is 0.736. The van der Waals surface area contributed by atoms with E-state index in [9.17, 15) is 0 Å². The van der Waals surface area contributed by atoms with Crippen molar-refractivity contribution in [3.05, 3.63) is 103 Å². The number of hydrogen-bond donors (Lipinski definition) is 0. The lowest BCUT2D eigenvalue weighted by Gasteiger charge is -2.43. The molecule has 1 aromatic heterocycles. The number of anilines is 2. The van der Waals surface area contributed by atoms with Crippen molar-refractivity contribution in [3.63, 3.8) is 0 Å². The van der Waals surface area contributed by atoms with Crippen molar-refractivity contribution in [1.29, 1.82) is 0 Å². The van der Waals surface area contributed by atoms with Gasteiger partial charge in [-0.3, -0.25) is 4.67 Å². The fraction of sp³-hybridized carbons (Fsp3) is 0. The molecule has 3 heterocycles. The molecule has 0 bridgehead atoms. The van der Waals surface area contributed by atoms with Gasteiger partial charge < -0.3 is 0 Å². The highest BCUT2D eigenvalue weighted by Crippen LogP contribution is 2.60. The van der Waals surface area contributed by atoms with Crippen LogP contribution in [0.5, 0.6) is 0 Å². The predicted octanol–water partition coefficient (Wildman–Crippen LogP) is 6.38. The summed E-state index contributed by atoms with van der Waals surface area (Å²) in [4.78, 5) is 4.90. The van der Waals surface area contributed by atoms with Crippen molar-refractivity contribution in [3.8, 4) is 22.3 Å². The van der Waals surface area contributed by atoms with Gasteiger partial charge in [-0.1, -0.05) is 72.8 Å². The Hall–Kier alpha value is -3.48. The number of aromatic nitrogens is 1. The van der Waals surface area contributed by atoms with E-state index in [4.69, 9.17) is 4.98 Å². The SMILES string of the molecule is c1ccc2c(c1)-c1cc3ccccc3cc1N1c3ncccc3-c3ccccc3P21. The Labute approximate surface area is 176 Å². The van der Waals surface area contributed by atoms with Gasteiger partial charge in [-0.25, -0.2) is 4.98 Å². The first kappa shape index (κ1) is 16.3. The molecule has 5 aromatic rings. The molecule has 0 radical (unpaired) electrons. The fourth-order valence-corrected chi connectivity index (χ4v) is 7.55. The van der Waals surface area contributed by atoms with Gasteiger partial charge in [0.25, 0.3) is 0 Å². The normalized spacial score (nSPS) is 15.6. The number of pyridine rings is 1. The molecule has 0 aliphatic carbocycles. The standard InChI is InChI=1S/C27H17N2P/c1-2-9-19-17-24-23(16-18(19)8-1)21-11-4-6-14-26(21)30-25-13-5-3-10-20(25)22-12-7-15-28-27(22)29(24)30/h1-17H. The van der Waals surface area contributed by atoms with E-state index < -0.39 is 8.07 Å². The van der Waals surface area contributed by atoms with Crippen LogP contribution in [0.15, 0.2) is 103 Å². The Kier molecular flexibility index (Phi) is 3.27. The van der Waals surface area contributed by atoms with E-state index in [2.05, 4.69) is 95.7 Å². The lowest BCUT2D eigenvalue weighted by atomic mass is 9.98. The van der Waals surface area contributed by atoms with Crippen LogP contribution in [0.3, 0.4) is 0 Å². The van der Waals surface area contributed by atoms with Crippen molar-refractivity contribution in [2.45, 2.75) is 0 Å². The van der Waals surface area contributed by atoms with E-state index in [0.29, 0.717) is 0 Å². The van der Waals surface area contributed by atoms with Gasteiger partial charge in [-0.2, -0.15) is 0 Å². The third-order valence-corrected chi connectivity index (χ3v) is 8.62. The van der Waals surface area contributed by atoms with Gasteiger partial charge >= 0.3 is 0 Å². The van der Waals surface area contributed by atoms with Crippen LogP contribution in [0, 0.1) is 0 Å². The van der Waals surface area contributed by atoms with Crippen molar-refractivity contribution in [2.75, 3.05) is 4.67 Å². The van der Waals surface area contributed by atoms with Crippen LogP contribution >= 0.6 is 8.07 Å². The predicted molar refractivity (Wildman–Crippen MR) is 127 cm³/mol. The van der Waals surface area contributed by atoms with Crippen LogP contribution in [-0.4, -0.2) is 4.98 Å². The van der Waals surface area contributed by atoms with Crippen LogP contribution < -0.4 is 15.3 Å². The second-order valence-electron chi connectivity index (χ2n) is 7.75. The van der Waals surface area contributed by atoms with Crippen molar-refractivity contribution in [1.82, 2.24) is 4.98 Å². The molecule has 0 saturated heterocycles. The minimum Gasteiger partial charge on any atom is -0.295 e. The molecule has 1 unspecified atom stereocenters. The summed E-state index contributed by atoms with van der Waals surface area (Å²) >= 11 is 0. The highest BCUT2D eigenvalue weighted by atomic mass is 31.1. The van der Waals surface area contributed by atoms with E-state index in [1.807, 2.05) is 12.3 Å². The molecule has 2 nitrogen and oxygen atoms in total. The first-order valence-corrected chi connectivity index (χ1v) is 11.5. The zero-order chi connectivity index (χ0) is 19.7. The quantitative estimate of drug-likeness (QED) is 0.280. The van der Waals surface area contributed by atoms with Crippen LogP contribution in [0.1, 0.15) is 0 Å². The average molecular weight is 400 g/mol.